The summed E-state index contributed by atoms with van der Waals surface area (Å²) in [7, 11) is 0. The summed E-state index contributed by atoms with van der Waals surface area (Å²) in [4.78, 5) is 7.43. The standard InChI is InChI=1S/C14H16N4/c1-3-10(2)18-9-11(8-17-18)12-4-6-15-14-13(12)5-7-16-14/h4-10H,3H2,1-2H3,(H,15,16)/t10-/m0/s1. The molecular formula is C14H16N4. The monoisotopic (exact) mass is 240 g/mol. The number of aromatic amines is 1. The van der Waals surface area contributed by atoms with E-state index in [4.69, 9.17) is 0 Å². The summed E-state index contributed by atoms with van der Waals surface area (Å²) < 4.78 is 2.02. The van der Waals surface area contributed by atoms with Crippen molar-refractivity contribution in [3.63, 3.8) is 0 Å². The number of H-pyrrole nitrogens is 1. The van der Waals surface area contributed by atoms with Gasteiger partial charge in [0.15, 0.2) is 0 Å². The van der Waals surface area contributed by atoms with Crippen molar-refractivity contribution >= 4 is 11.0 Å². The van der Waals surface area contributed by atoms with E-state index in [0.29, 0.717) is 6.04 Å². The van der Waals surface area contributed by atoms with E-state index in [1.54, 1.807) is 0 Å². The molecule has 1 N–H and O–H groups in total. The Hall–Kier alpha value is -2.10. The smallest absolute Gasteiger partial charge is 0.137 e. The third kappa shape index (κ3) is 1.70. The highest BCUT2D eigenvalue weighted by Gasteiger charge is 2.09. The van der Waals surface area contributed by atoms with Crippen molar-refractivity contribution < 1.29 is 0 Å². The van der Waals surface area contributed by atoms with Gasteiger partial charge in [-0.2, -0.15) is 5.10 Å². The summed E-state index contributed by atoms with van der Waals surface area (Å²) in [5, 5.41) is 5.58. The van der Waals surface area contributed by atoms with Crippen LogP contribution in [0.25, 0.3) is 22.2 Å². The number of rotatable bonds is 3. The van der Waals surface area contributed by atoms with Crippen molar-refractivity contribution in [3.05, 3.63) is 36.9 Å². The maximum absolute atomic E-state index is 4.44. The molecule has 0 saturated heterocycles. The Labute approximate surface area is 106 Å². The van der Waals surface area contributed by atoms with Gasteiger partial charge < -0.3 is 4.98 Å². The number of hydrogen-bond acceptors (Lipinski definition) is 2. The first-order chi connectivity index (χ1) is 8.79. The van der Waals surface area contributed by atoms with E-state index in [2.05, 4.69) is 41.2 Å². The largest absolute Gasteiger partial charge is 0.346 e. The number of nitrogens with zero attached hydrogens (tertiary/aromatic N) is 3. The lowest BCUT2D eigenvalue weighted by Gasteiger charge is -2.07. The lowest BCUT2D eigenvalue weighted by atomic mass is 10.1. The normalized spacial score (nSPS) is 13.0. The van der Waals surface area contributed by atoms with Gasteiger partial charge in [0.25, 0.3) is 0 Å². The lowest BCUT2D eigenvalue weighted by molar-refractivity contribution is 0.478. The van der Waals surface area contributed by atoms with Gasteiger partial charge in [0.1, 0.15) is 5.65 Å². The molecule has 4 nitrogen and oxygen atoms in total. The quantitative estimate of drug-likeness (QED) is 0.762. The Morgan fingerprint density at radius 1 is 1.39 bits per heavy atom. The lowest BCUT2D eigenvalue weighted by Crippen LogP contribution is -2.03. The van der Waals surface area contributed by atoms with Crippen LogP contribution < -0.4 is 0 Å². The molecule has 0 unspecified atom stereocenters. The fraction of sp³-hybridized carbons (Fsp3) is 0.286. The molecule has 0 aliphatic carbocycles. The van der Waals surface area contributed by atoms with Gasteiger partial charge in [0, 0.05) is 35.6 Å². The van der Waals surface area contributed by atoms with E-state index in [9.17, 15) is 0 Å². The fourth-order valence-corrected chi connectivity index (χ4v) is 2.12. The van der Waals surface area contributed by atoms with Crippen LogP contribution in [0.15, 0.2) is 36.9 Å². The Kier molecular flexibility index (Phi) is 2.63. The van der Waals surface area contributed by atoms with Crippen LogP contribution in [0.5, 0.6) is 0 Å². The summed E-state index contributed by atoms with van der Waals surface area (Å²) in [5.74, 6) is 0. The van der Waals surface area contributed by atoms with Crippen molar-refractivity contribution in [2.45, 2.75) is 26.3 Å². The second-order valence-electron chi connectivity index (χ2n) is 4.56. The molecule has 0 saturated carbocycles. The molecule has 0 aromatic carbocycles. The van der Waals surface area contributed by atoms with Crippen LogP contribution in [0.1, 0.15) is 26.3 Å². The van der Waals surface area contributed by atoms with E-state index < -0.39 is 0 Å². The van der Waals surface area contributed by atoms with Gasteiger partial charge in [-0.15, -0.1) is 0 Å². The highest BCUT2D eigenvalue weighted by molar-refractivity contribution is 5.92. The van der Waals surface area contributed by atoms with Crippen LogP contribution in [0, 0.1) is 0 Å². The second-order valence-corrected chi connectivity index (χ2v) is 4.56. The molecule has 0 bridgehead atoms. The minimum atomic E-state index is 0.433. The minimum Gasteiger partial charge on any atom is -0.346 e. The number of pyridine rings is 1. The molecule has 1 atom stereocenters. The van der Waals surface area contributed by atoms with E-state index in [1.807, 2.05) is 29.3 Å². The van der Waals surface area contributed by atoms with Gasteiger partial charge in [-0.1, -0.05) is 6.92 Å². The van der Waals surface area contributed by atoms with Gasteiger partial charge >= 0.3 is 0 Å². The van der Waals surface area contributed by atoms with E-state index >= 15 is 0 Å². The Morgan fingerprint density at radius 2 is 2.28 bits per heavy atom. The zero-order valence-electron chi connectivity index (χ0n) is 10.6. The molecule has 3 rings (SSSR count). The second kappa shape index (κ2) is 4.29. The topological polar surface area (TPSA) is 46.5 Å². The maximum atomic E-state index is 4.44. The first-order valence-corrected chi connectivity index (χ1v) is 6.26. The highest BCUT2D eigenvalue weighted by Crippen LogP contribution is 2.27. The molecular weight excluding hydrogens is 224 g/mol. The zero-order chi connectivity index (χ0) is 12.5. The molecule has 3 heterocycles. The highest BCUT2D eigenvalue weighted by atomic mass is 15.3. The zero-order valence-corrected chi connectivity index (χ0v) is 10.6. The molecule has 92 valence electrons. The molecule has 0 amide bonds. The number of nitrogens with one attached hydrogen (secondary N) is 1. The predicted molar refractivity (Wildman–Crippen MR) is 72.3 cm³/mol. The van der Waals surface area contributed by atoms with Crippen LogP contribution in [0.2, 0.25) is 0 Å². The van der Waals surface area contributed by atoms with Gasteiger partial charge in [-0.25, -0.2) is 4.98 Å². The fourth-order valence-electron chi connectivity index (χ4n) is 2.12. The molecule has 0 aliphatic heterocycles. The van der Waals surface area contributed by atoms with Gasteiger partial charge in [0.05, 0.1) is 6.20 Å². The molecule has 18 heavy (non-hydrogen) atoms. The van der Waals surface area contributed by atoms with Crippen LogP contribution in [-0.2, 0) is 0 Å². The van der Waals surface area contributed by atoms with Crippen LogP contribution in [-0.4, -0.2) is 19.7 Å². The summed E-state index contributed by atoms with van der Waals surface area (Å²) in [6.07, 6.45) is 8.86. The third-order valence-electron chi connectivity index (χ3n) is 3.42. The predicted octanol–water partition coefficient (Wildman–Crippen LogP) is 3.40. The molecule has 0 fully saturated rings. The van der Waals surface area contributed by atoms with Gasteiger partial charge in [-0.05, 0) is 31.0 Å². The SMILES string of the molecule is CC[C@H](C)n1cc(-c2ccnc3[nH]ccc23)cn1. The van der Waals surface area contributed by atoms with E-state index in [-0.39, 0.29) is 0 Å². The average Bonchev–Trinajstić information content (AvgIpc) is 3.05. The number of fused-ring (bicyclic) bond motifs is 1. The first kappa shape index (κ1) is 11.0. The van der Waals surface area contributed by atoms with Crippen LogP contribution in [0.4, 0.5) is 0 Å². The Morgan fingerprint density at radius 3 is 3.11 bits per heavy atom. The summed E-state index contributed by atoms with van der Waals surface area (Å²) in [6, 6.07) is 4.52. The average molecular weight is 240 g/mol. The third-order valence-corrected chi connectivity index (χ3v) is 3.42. The summed E-state index contributed by atoms with van der Waals surface area (Å²) in [5.41, 5.74) is 3.24. The van der Waals surface area contributed by atoms with Gasteiger partial charge in [-0.3, -0.25) is 4.68 Å². The van der Waals surface area contributed by atoms with Crippen molar-refractivity contribution in [3.8, 4) is 11.1 Å². The molecule has 0 aliphatic rings. The Balaban J connectivity index is 2.09. The van der Waals surface area contributed by atoms with Crippen molar-refractivity contribution in [2.75, 3.05) is 0 Å². The molecule has 3 aromatic heterocycles. The molecule has 3 aromatic rings. The number of aromatic nitrogens is 4. The van der Waals surface area contributed by atoms with Crippen molar-refractivity contribution in [1.29, 1.82) is 0 Å². The summed E-state index contributed by atoms with van der Waals surface area (Å²) >= 11 is 0. The number of hydrogen-bond donors (Lipinski definition) is 1. The summed E-state index contributed by atoms with van der Waals surface area (Å²) in [6.45, 7) is 4.35. The molecule has 0 spiro atoms. The van der Waals surface area contributed by atoms with Crippen LogP contribution >= 0.6 is 0 Å². The maximum Gasteiger partial charge on any atom is 0.137 e. The van der Waals surface area contributed by atoms with Crippen molar-refractivity contribution in [2.24, 2.45) is 0 Å². The van der Waals surface area contributed by atoms with E-state index in [0.717, 1.165) is 23.0 Å². The Bertz CT molecular complexity index is 665. The molecule has 4 heteroatoms. The van der Waals surface area contributed by atoms with Crippen molar-refractivity contribution in [1.82, 2.24) is 19.7 Å². The van der Waals surface area contributed by atoms with Gasteiger partial charge in [0.2, 0.25) is 0 Å². The minimum absolute atomic E-state index is 0.433. The van der Waals surface area contributed by atoms with E-state index in [1.165, 1.54) is 5.56 Å². The van der Waals surface area contributed by atoms with Crippen LogP contribution in [0.3, 0.4) is 0 Å². The molecule has 0 radical (unpaired) electrons. The first-order valence-electron chi connectivity index (χ1n) is 6.26.